The Bertz CT molecular complexity index is 850. The van der Waals surface area contributed by atoms with E-state index in [-0.39, 0.29) is 5.78 Å². The van der Waals surface area contributed by atoms with E-state index in [9.17, 15) is 4.79 Å². The molecule has 2 aromatic heterocycles. The lowest BCUT2D eigenvalue weighted by molar-refractivity contribution is 0.104. The summed E-state index contributed by atoms with van der Waals surface area (Å²) >= 11 is 0. The molecule has 4 rings (SSSR count). The van der Waals surface area contributed by atoms with Gasteiger partial charge in [-0.2, -0.15) is 0 Å². The summed E-state index contributed by atoms with van der Waals surface area (Å²) in [4.78, 5) is 24.9. The number of pyridine rings is 2. The highest BCUT2D eigenvalue weighted by Gasteiger charge is 2.22. The number of allylic oxidation sites excluding steroid dienone is 2. The Labute approximate surface area is 102 Å². The van der Waals surface area contributed by atoms with Crippen LogP contribution in [0.4, 0.5) is 5.69 Å². The molecule has 0 spiro atoms. The van der Waals surface area contributed by atoms with Gasteiger partial charge in [-0.3, -0.25) is 14.8 Å². The monoisotopic (exact) mass is 233 g/mol. The first-order valence-corrected chi connectivity index (χ1v) is 5.59. The van der Waals surface area contributed by atoms with Crippen LogP contribution in [0.2, 0.25) is 0 Å². The summed E-state index contributed by atoms with van der Waals surface area (Å²) in [5.41, 5.74) is 3.24. The van der Waals surface area contributed by atoms with Crippen molar-refractivity contribution in [3.05, 3.63) is 53.1 Å². The molecule has 0 bridgehead atoms. The number of nitrogens with zero attached hydrogens (tertiary/aromatic N) is 3. The number of ketones is 1. The third kappa shape index (κ3) is 1.09. The summed E-state index contributed by atoms with van der Waals surface area (Å²) in [6.07, 6.45) is 10.3. The first-order valence-electron chi connectivity index (χ1n) is 5.59. The zero-order valence-electron chi connectivity index (χ0n) is 9.29. The van der Waals surface area contributed by atoms with Crippen molar-refractivity contribution in [1.29, 1.82) is 0 Å². The molecule has 0 fully saturated rings. The maximum Gasteiger partial charge on any atom is 0.188 e. The molecular weight excluding hydrogens is 226 g/mol. The standard InChI is InChI=1S/C14H7N3O/c18-12-3-1-2-10-14(12)13-8-6-15-5-4-9(8)17-11(13)7-16-10/h1-7H. The summed E-state index contributed by atoms with van der Waals surface area (Å²) < 4.78 is 0. The minimum atomic E-state index is -0.0243. The van der Waals surface area contributed by atoms with Crippen molar-refractivity contribution in [3.8, 4) is 11.1 Å². The molecule has 0 N–H and O–H groups in total. The smallest absolute Gasteiger partial charge is 0.188 e. The summed E-state index contributed by atoms with van der Waals surface area (Å²) in [6.45, 7) is 0. The topological polar surface area (TPSA) is 55.2 Å². The van der Waals surface area contributed by atoms with Crippen LogP contribution in [0.1, 0.15) is 10.4 Å². The summed E-state index contributed by atoms with van der Waals surface area (Å²) in [5.74, 6) is -0.0243. The Hall–Kier alpha value is -2.62. The molecule has 2 aliphatic rings. The number of aromatic nitrogens is 2. The molecule has 0 unspecified atom stereocenters. The van der Waals surface area contributed by atoms with Gasteiger partial charge in [0, 0.05) is 23.5 Å². The molecule has 0 amide bonds. The molecule has 18 heavy (non-hydrogen) atoms. The van der Waals surface area contributed by atoms with Crippen molar-refractivity contribution < 1.29 is 4.79 Å². The zero-order valence-corrected chi connectivity index (χ0v) is 9.29. The average Bonchev–Trinajstić information content (AvgIpc) is 2.77. The Morgan fingerprint density at radius 3 is 3.00 bits per heavy atom. The molecular formula is C14H7N3O. The van der Waals surface area contributed by atoms with Crippen molar-refractivity contribution in [2.75, 3.05) is 0 Å². The molecule has 1 aliphatic carbocycles. The highest BCUT2D eigenvalue weighted by Crippen LogP contribution is 2.32. The number of fused-ring (bicyclic) bond motifs is 5. The normalized spacial score (nSPS) is 14.3. The van der Waals surface area contributed by atoms with E-state index in [1.807, 2.05) is 12.1 Å². The van der Waals surface area contributed by atoms with Gasteiger partial charge in [-0.25, -0.2) is 4.99 Å². The number of carbonyl (C=O) groups is 1. The summed E-state index contributed by atoms with van der Waals surface area (Å²) in [6, 6.07) is 1.84. The third-order valence-corrected chi connectivity index (χ3v) is 3.14. The van der Waals surface area contributed by atoms with Crippen LogP contribution in [0.15, 0.2) is 41.8 Å². The number of hydrogen-bond donors (Lipinski definition) is 0. The largest absolute Gasteiger partial charge is 0.289 e. The first-order chi connectivity index (χ1) is 8.84. The molecule has 3 heterocycles. The van der Waals surface area contributed by atoms with E-state index < -0.39 is 0 Å². The van der Waals surface area contributed by atoms with Crippen LogP contribution in [0.3, 0.4) is 0 Å². The molecule has 0 aromatic carbocycles. The average molecular weight is 233 g/mol. The van der Waals surface area contributed by atoms with Crippen molar-refractivity contribution >= 4 is 17.5 Å². The molecule has 4 heteroatoms. The lowest BCUT2D eigenvalue weighted by Gasteiger charge is -2.07. The Balaban J connectivity index is 2.20. The maximum absolute atomic E-state index is 12.0. The van der Waals surface area contributed by atoms with Gasteiger partial charge in [0.25, 0.3) is 0 Å². The zero-order chi connectivity index (χ0) is 12.1. The number of carbonyl (C=O) groups excluding carboxylic acids is 1. The van der Waals surface area contributed by atoms with Crippen LogP contribution in [-0.2, 0) is 0 Å². The van der Waals surface area contributed by atoms with E-state index in [0.717, 1.165) is 22.2 Å². The van der Waals surface area contributed by atoms with Crippen molar-refractivity contribution in [3.63, 3.8) is 0 Å². The molecule has 0 saturated heterocycles. The van der Waals surface area contributed by atoms with Gasteiger partial charge in [0.15, 0.2) is 5.78 Å². The fraction of sp³-hybridized carbons (Fsp3) is 0. The maximum atomic E-state index is 12.0. The fourth-order valence-corrected chi connectivity index (χ4v) is 2.37. The van der Waals surface area contributed by atoms with Crippen LogP contribution >= 0.6 is 0 Å². The molecule has 84 valence electrons. The molecule has 0 atom stereocenters. The van der Waals surface area contributed by atoms with Crippen molar-refractivity contribution in [1.82, 2.24) is 9.97 Å². The predicted octanol–water partition coefficient (Wildman–Crippen LogP) is 0.941. The molecule has 4 nitrogen and oxygen atoms in total. The van der Waals surface area contributed by atoms with Crippen LogP contribution in [0.5, 0.6) is 0 Å². The molecule has 0 radical (unpaired) electrons. The van der Waals surface area contributed by atoms with E-state index in [1.54, 1.807) is 30.7 Å². The molecule has 0 saturated carbocycles. The van der Waals surface area contributed by atoms with Crippen molar-refractivity contribution in [2.24, 2.45) is 4.99 Å². The highest BCUT2D eigenvalue weighted by molar-refractivity contribution is 6.11. The van der Waals surface area contributed by atoms with Crippen molar-refractivity contribution in [2.45, 2.75) is 0 Å². The van der Waals surface area contributed by atoms with E-state index in [4.69, 9.17) is 0 Å². The highest BCUT2D eigenvalue weighted by atomic mass is 16.1. The molecule has 1 aliphatic heterocycles. The quantitative estimate of drug-likeness (QED) is 0.580. The number of rotatable bonds is 0. The van der Waals surface area contributed by atoms with Gasteiger partial charge in [-0.05, 0) is 18.2 Å². The van der Waals surface area contributed by atoms with E-state index in [1.165, 1.54) is 0 Å². The van der Waals surface area contributed by atoms with Crippen LogP contribution in [0, 0.1) is 0 Å². The SMILES string of the molecule is O=C1C=CC=c2ncc3c(c21)-c1cnccc1N=3. The Morgan fingerprint density at radius 2 is 2.06 bits per heavy atom. The van der Waals surface area contributed by atoms with Gasteiger partial charge in [0.2, 0.25) is 0 Å². The van der Waals surface area contributed by atoms with Crippen LogP contribution in [-0.4, -0.2) is 15.8 Å². The second-order valence-electron chi connectivity index (χ2n) is 4.17. The minimum Gasteiger partial charge on any atom is -0.289 e. The lowest BCUT2D eigenvalue weighted by atomic mass is 9.97. The third-order valence-electron chi connectivity index (χ3n) is 3.14. The Morgan fingerprint density at radius 1 is 1.11 bits per heavy atom. The second kappa shape index (κ2) is 3.20. The second-order valence-corrected chi connectivity index (χ2v) is 4.17. The van der Waals surface area contributed by atoms with Gasteiger partial charge in [-0.1, -0.05) is 6.08 Å². The van der Waals surface area contributed by atoms with Gasteiger partial charge in [-0.15, -0.1) is 0 Å². The van der Waals surface area contributed by atoms with E-state index in [2.05, 4.69) is 15.0 Å². The number of hydrogen-bond acceptors (Lipinski definition) is 4. The van der Waals surface area contributed by atoms with Crippen LogP contribution in [0.25, 0.3) is 17.2 Å². The fourth-order valence-electron chi connectivity index (χ4n) is 2.37. The Kier molecular flexibility index (Phi) is 1.67. The lowest BCUT2D eigenvalue weighted by Crippen LogP contribution is -2.25. The van der Waals surface area contributed by atoms with Gasteiger partial charge < -0.3 is 0 Å². The first kappa shape index (κ1) is 9.41. The predicted molar refractivity (Wildman–Crippen MR) is 65.8 cm³/mol. The van der Waals surface area contributed by atoms with Gasteiger partial charge in [0.05, 0.1) is 28.2 Å². The van der Waals surface area contributed by atoms with Gasteiger partial charge >= 0.3 is 0 Å². The van der Waals surface area contributed by atoms with Crippen LogP contribution < -0.4 is 10.7 Å². The van der Waals surface area contributed by atoms with E-state index in [0.29, 0.717) is 10.9 Å². The molecule has 2 aromatic rings. The summed E-state index contributed by atoms with van der Waals surface area (Å²) in [5, 5.41) is 1.45. The minimum absolute atomic E-state index is 0.0243. The summed E-state index contributed by atoms with van der Waals surface area (Å²) in [7, 11) is 0. The van der Waals surface area contributed by atoms with Gasteiger partial charge in [0.1, 0.15) is 0 Å². The van der Waals surface area contributed by atoms with E-state index >= 15 is 0 Å².